The fraction of sp³-hybridized carbons (Fsp3) is 0.240. The van der Waals surface area contributed by atoms with E-state index in [0.29, 0.717) is 34.0 Å². The lowest BCUT2D eigenvalue weighted by Gasteiger charge is -2.18. The van der Waals surface area contributed by atoms with Gasteiger partial charge in [-0.2, -0.15) is 0 Å². The summed E-state index contributed by atoms with van der Waals surface area (Å²) in [5.74, 6) is 0.676. The molecule has 32 heavy (non-hydrogen) atoms. The number of nitrogens with zero attached hydrogens (tertiary/aromatic N) is 1. The second-order valence-electron chi connectivity index (χ2n) is 8.34. The number of hydrogen-bond acceptors (Lipinski definition) is 4. The number of anilines is 2. The van der Waals surface area contributed by atoms with Gasteiger partial charge >= 0.3 is 0 Å². The first-order valence-corrected chi connectivity index (χ1v) is 11.8. The van der Waals surface area contributed by atoms with Gasteiger partial charge in [0.25, 0.3) is 15.9 Å². The number of aryl methyl sites for hydroxylation is 3. The maximum absolute atomic E-state index is 13.3. The lowest BCUT2D eigenvalue weighted by molar-refractivity contribution is 0.0993. The predicted molar refractivity (Wildman–Crippen MR) is 127 cm³/mol. The molecule has 0 saturated carbocycles. The van der Waals surface area contributed by atoms with Gasteiger partial charge in [-0.1, -0.05) is 12.1 Å². The van der Waals surface area contributed by atoms with Crippen LogP contribution in [0.1, 0.15) is 38.2 Å². The van der Waals surface area contributed by atoms with Crippen molar-refractivity contribution < 1.29 is 17.9 Å². The molecule has 0 aliphatic carbocycles. The van der Waals surface area contributed by atoms with Crippen molar-refractivity contribution in [3.8, 4) is 11.5 Å². The Morgan fingerprint density at radius 2 is 1.47 bits per heavy atom. The number of sulfonamides is 1. The highest BCUT2D eigenvalue weighted by Gasteiger charge is 2.28. The van der Waals surface area contributed by atoms with Gasteiger partial charge in [0.1, 0.15) is 5.75 Å². The number of carbonyl (C=O) groups excluding carboxylic acids is 1. The van der Waals surface area contributed by atoms with E-state index in [1.54, 1.807) is 33.0 Å². The summed E-state index contributed by atoms with van der Waals surface area (Å²) in [5, 5.41) is 0. The summed E-state index contributed by atoms with van der Waals surface area (Å²) in [7, 11) is -2.18. The molecular weight excluding hydrogens is 424 g/mol. The zero-order valence-electron chi connectivity index (χ0n) is 19.0. The summed E-state index contributed by atoms with van der Waals surface area (Å²) >= 11 is 0. The van der Waals surface area contributed by atoms with Gasteiger partial charge in [0.15, 0.2) is 5.75 Å². The number of nitrogens with one attached hydrogen (secondary N) is 1. The van der Waals surface area contributed by atoms with Crippen LogP contribution >= 0.6 is 0 Å². The largest absolute Gasteiger partial charge is 0.454 e. The van der Waals surface area contributed by atoms with Crippen molar-refractivity contribution in [1.29, 1.82) is 0 Å². The number of hydrogen-bond donors (Lipinski definition) is 1. The third kappa shape index (κ3) is 3.62. The molecule has 0 unspecified atom stereocenters. The molecule has 0 fully saturated rings. The van der Waals surface area contributed by atoms with Gasteiger partial charge < -0.3 is 9.64 Å². The van der Waals surface area contributed by atoms with Crippen LogP contribution in [-0.4, -0.2) is 21.4 Å². The van der Waals surface area contributed by atoms with Gasteiger partial charge in [-0.05, 0) is 92.8 Å². The minimum atomic E-state index is -3.86. The monoisotopic (exact) mass is 450 g/mol. The fourth-order valence-electron chi connectivity index (χ4n) is 4.02. The first-order valence-electron chi connectivity index (χ1n) is 10.3. The van der Waals surface area contributed by atoms with Crippen molar-refractivity contribution in [2.45, 2.75) is 39.5 Å². The van der Waals surface area contributed by atoms with Crippen LogP contribution in [0.25, 0.3) is 0 Å². The van der Waals surface area contributed by atoms with E-state index < -0.39 is 10.0 Å². The van der Waals surface area contributed by atoms with E-state index in [0.717, 1.165) is 16.7 Å². The Balaban J connectivity index is 1.75. The Bertz CT molecular complexity index is 1350. The number of fused-ring (bicyclic) bond motifs is 2. The topological polar surface area (TPSA) is 75.7 Å². The predicted octanol–water partition coefficient (Wildman–Crippen LogP) is 5.41. The van der Waals surface area contributed by atoms with Crippen LogP contribution < -0.4 is 14.4 Å². The second kappa shape index (κ2) is 7.67. The standard InChI is InChI=1S/C25H26N2O4S/c1-14-7-9-23-21(11-14)27(6)25(28)20-13-19(8-10-22(20)31-23)26-32(29,30)24-17(4)15(2)12-16(3)18(24)5/h7-13,26H,1-6H3. The molecule has 0 spiro atoms. The van der Waals surface area contributed by atoms with Gasteiger partial charge in [0.2, 0.25) is 0 Å². The van der Waals surface area contributed by atoms with E-state index >= 15 is 0 Å². The van der Waals surface area contributed by atoms with Crippen molar-refractivity contribution in [3.63, 3.8) is 0 Å². The Labute approximate surface area is 188 Å². The van der Waals surface area contributed by atoms with Gasteiger partial charge in [-0.25, -0.2) is 8.42 Å². The molecule has 3 aromatic rings. The molecule has 0 saturated heterocycles. The van der Waals surface area contributed by atoms with Gasteiger partial charge in [0.05, 0.1) is 16.1 Å². The van der Waals surface area contributed by atoms with E-state index in [1.807, 2.05) is 45.0 Å². The Morgan fingerprint density at radius 3 is 2.12 bits per heavy atom. The molecule has 1 aliphatic rings. The third-order valence-electron chi connectivity index (χ3n) is 6.03. The number of rotatable bonds is 3. The Kier molecular flexibility index (Phi) is 5.25. The summed E-state index contributed by atoms with van der Waals surface area (Å²) in [6, 6.07) is 12.4. The highest BCUT2D eigenvalue weighted by atomic mass is 32.2. The van der Waals surface area contributed by atoms with Crippen LogP contribution in [0.15, 0.2) is 47.4 Å². The lowest BCUT2D eigenvalue weighted by Crippen LogP contribution is -2.25. The molecule has 0 aromatic heterocycles. The number of amides is 1. The minimum absolute atomic E-state index is 0.271. The van der Waals surface area contributed by atoms with Crippen molar-refractivity contribution in [2.24, 2.45) is 0 Å². The molecular formula is C25H26N2O4S. The molecule has 1 N–H and O–H groups in total. The first-order chi connectivity index (χ1) is 15.0. The fourth-order valence-corrected chi connectivity index (χ4v) is 5.69. The molecule has 3 aromatic carbocycles. The normalized spacial score (nSPS) is 13.2. The van der Waals surface area contributed by atoms with E-state index in [1.165, 1.54) is 11.0 Å². The summed E-state index contributed by atoms with van der Waals surface area (Å²) in [6.07, 6.45) is 0. The molecule has 1 heterocycles. The maximum atomic E-state index is 13.3. The number of ether oxygens (including phenoxy) is 1. The van der Waals surface area contributed by atoms with E-state index in [2.05, 4.69) is 4.72 Å². The molecule has 0 atom stereocenters. The summed E-state index contributed by atoms with van der Waals surface area (Å²) in [6.45, 7) is 9.35. The highest BCUT2D eigenvalue weighted by Crippen LogP contribution is 2.40. The van der Waals surface area contributed by atoms with E-state index in [-0.39, 0.29) is 16.4 Å². The average Bonchev–Trinajstić information content (AvgIpc) is 2.82. The van der Waals surface area contributed by atoms with Crippen molar-refractivity contribution in [2.75, 3.05) is 16.7 Å². The summed E-state index contributed by atoms with van der Waals surface area (Å²) < 4.78 is 35.3. The molecule has 7 heteroatoms. The Morgan fingerprint density at radius 1 is 0.844 bits per heavy atom. The smallest absolute Gasteiger partial charge is 0.262 e. The lowest BCUT2D eigenvalue weighted by atomic mass is 10.0. The van der Waals surface area contributed by atoms with Crippen LogP contribution in [0.2, 0.25) is 0 Å². The second-order valence-corrected chi connectivity index (χ2v) is 9.96. The first kappa shape index (κ1) is 21.9. The van der Waals surface area contributed by atoms with Crippen LogP contribution in [0.5, 0.6) is 11.5 Å². The molecule has 4 rings (SSSR count). The zero-order chi connectivity index (χ0) is 23.4. The number of carbonyl (C=O) groups is 1. The molecule has 166 valence electrons. The SMILES string of the molecule is Cc1ccc2c(c1)N(C)C(=O)c1cc(NS(=O)(=O)c3c(C)c(C)cc(C)c3C)ccc1O2. The van der Waals surface area contributed by atoms with Crippen LogP contribution in [0.4, 0.5) is 11.4 Å². The molecule has 1 amide bonds. The van der Waals surface area contributed by atoms with E-state index in [9.17, 15) is 13.2 Å². The summed E-state index contributed by atoms with van der Waals surface area (Å²) in [4.78, 5) is 15.0. The van der Waals surface area contributed by atoms with Gasteiger partial charge in [-0.15, -0.1) is 0 Å². The van der Waals surface area contributed by atoms with Gasteiger partial charge in [-0.3, -0.25) is 9.52 Å². The third-order valence-corrected chi connectivity index (χ3v) is 7.68. The molecule has 0 bridgehead atoms. The van der Waals surface area contributed by atoms with Gasteiger partial charge in [0, 0.05) is 12.7 Å². The maximum Gasteiger partial charge on any atom is 0.262 e. The Hall–Kier alpha value is -3.32. The van der Waals surface area contributed by atoms with E-state index in [4.69, 9.17) is 4.74 Å². The summed E-state index contributed by atoms with van der Waals surface area (Å²) in [5.41, 5.74) is 5.49. The number of benzene rings is 3. The van der Waals surface area contributed by atoms with Crippen molar-refractivity contribution >= 4 is 27.3 Å². The van der Waals surface area contributed by atoms with Crippen molar-refractivity contribution in [3.05, 3.63) is 75.8 Å². The van der Waals surface area contributed by atoms with Crippen LogP contribution in [0.3, 0.4) is 0 Å². The van der Waals surface area contributed by atoms with Crippen LogP contribution in [-0.2, 0) is 10.0 Å². The quantitative estimate of drug-likeness (QED) is 0.579. The molecule has 0 radical (unpaired) electrons. The van der Waals surface area contributed by atoms with Crippen LogP contribution in [0, 0.1) is 34.6 Å². The average molecular weight is 451 g/mol. The molecule has 1 aliphatic heterocycles. The molecule has 6 nitrogen and oxygen atoms in total. The highest BCUT2D eigenvalue weighted by molar-refractivity contribution is 7.92. The van der Waals surface area contributed by atoms with Crippen molar-refractivity contribution in [1.82, 2.24) is 0 Å². The minimum Gasteiger partial charge on any atom is -0.454 e. The zero-order valence-corrected chi connectivity index (χ0v) is 19.8.